The number of anilines is 1. The van der Waals surface area contributed by atoms with Gasteiger partial charge in [-0.3, -0.25) is 0 Å². The molecule has 0 saturated carbocycles. The van der Waals surface area contributed by atoms with E-state index in [2.05, 4.69) is 78.6 Å². The van der Waals surface area contributed by atoms with Crippen molar-refractivity contribution in [2.24, 2.45) is 0 Å². The lowest BCUT2D eigenvalue weighted by molar-refractivity contribution is 0.618. The van der Waals surface area contributed by atoms with Crippen molar-refractivity contribution < 1.29 is 0 Å². The summed E-state index contributed by atoms with van der Waals surface area (Å²) >= 11 is 2.08. The quantitative estimate of drug-likeness (QED) is 0.846. The summed E-state index contributed by atoms with van der Waals surface area (Å²) in [4.78, 5) is 0. The molecular formula is C18H21NS. The highest BCUT2D eigenvalue weighted by atomic mass is 32.2. The van der Waals surface area contributed by atoms with Gasteiger partial charge in [0.25, 0.3) is 0 Å². The minimum atomic E-state index is 0.582. The maximum absolute atomic E-state index is 3.78. The summed E-state index contributed by atoms with van der Waals surface area (Å²) in [6.45, 7) is 2.34. The Balaban J connectivity index is 1.86. The predicted octanol–water partition coefficient (Wildman–Crippen LogP) is 5.05. The molecule has 0 radical (unpaired) electrons. The number of thioether (sulfide) groups is 1. The largest absolute Gasteiger partial charge is 0.381 e. The van der Waals surface area contributed by atoms with Crippen LogP contribution in [0.25, 0.3) is 11.1 Å². The molecule has 2 unspecified atom stereocenters. The van der Waals surface area contributed by atoms with Crippen LogP contribution in [0.4, 0.5) is 5.69 Å². The van der Waals surface area contributed by atoms with Crippen LogP contribution in [0.3, 0.4) is 0 Å². The smallest absolute Gasteiger partial charge is 0.0422 e. The molecule has 1 nitrogen and oxygen atoms in total. The van der Waals surface area contributed by atoms with E-state index in [0.717, 1.165) is 0 Å². The highest BCUT2D eigenvalue weighted by molar-refractivity contribution is 8.00. The second kappa shape index (κ2) is 6.36. The molecule has 1 aliphatic heterocycles. The Hall–Kier alpha value is -1.41. The molecule has 104 valence electrons. The zero-order chi connectivity index (χ0) is 13.8. The summed E-state index contributed by atoms with van der Waals surface area (Å²) in [7, 11) is 0. The average molecular weight is 283 g/mol. The Bertz CT molecular complexity index is 552. The first kappa shape index (κ1) is 13.6. The van der Waals surface area contributed by atoms with Crippen LogP contribution in [0.2, 0.25) is 0 Å². The second-order valence-electron chi connectivity index (χ2n) is 5.38. The van der Waals surface area contributed by atoms with Crippen molar-refractivity contribution in [1.29, 1.82) is 0 Å². The SMILES string of the molecule is CC1SCCCC1Nc1ccccc1-c1ccccc1. The van der Waals surface area contributed by atoms with Gasteiger partial charge in [-0.2, -0.15) is 11.8 Å². The van der Waals surface area contributed by atoms with E-state index in [1.54, 1.807) is 0 Å². The topological polar surface area (TPSA) is 12.0 Å². The predicted molar refractivity (Wildman–Crippen MR) is 90.4 cm³/mol. The van der Waals surface area contributed by atoms with Gasteiger partial charge in [-0.1, -0.05) is 55.5 Å². The Morgan fingerprint density at radius 3 is 2.55 bits per heavy atom. The van der Waals surface area contributed by atoms with Gasteiger partial charge in [0.1, 0.15) is 0 Å². The second-order valence-corrected chi connectivity index (χ2v) is 6.87. The van der Waals surface area contributed by atoms with Gasteiger partial charge in [0.2, 0.25) is 0 Å². The molecule has 0 spiro atoms. The molecule has 1 heterocycles. The van der Waals surface area contributed by atoms with Crippen LogP contribution in [-0.4, -0.2) is 17.0 Å². The van der Waals surface area contributed by atoms with Crippen molar-refractivity contribution in [3.63, 3.8) is 0 Å². The van der Waals surface area contributed by atoms with Crippen LogP contribution >= 0.6 is 11.8 Å². The molecule has 2 heteroatoms. The van der Waals surface area contributed by atoms with Crippen LogP contribution in [0.15, 0.2) is 54.6 Å². The van der Waals surface area contributed by atoms with Gasteiger partial charge in [-0.05, 0) is 30.2 Å². The van der Waals surface area contributed by atoms with E-state index in [1.165, 1.54) is 35.4 Å². The maximum Gasteiger partial charge on any atom is 0.0422 e. The number of hydrogen-bond donors (Lipinski definition) is 1. The van der Waals surface area contributed by atoms with E-state index in [-0.39, 0.29) is 0 Å². The first-order chi connectivity index (χ1) is 9.84. The minimum Gasteiger partial charge on any atom is -0.381 e. The zero-order valence-corrected chi connectivity index (χ0v) is 12.7. The van der Waals surface area contributed by atoms with Crippen LogP contribution in [0.1, 0.15) is 19.8 Å². The number of nitrogens with one attached hydrogen (secondary N) is 1. The molecule has 1 fully saturated rings. The van der Waals surface area contributed by atoms with Crippen molar-refractivity contribution in [2.45, 2.75) is 31.1 Å². The van der Waals surface area contributed by atoms with Crippen LogP contribution < -0.4 is 5.32 Å². The van der Waals surface area contributed by atoms with E-state index in [1.807, 2.05) is 0 Å². The van der Waals surface area contributed by atoms with Gasteiger partial charge in [0.05, 0.1) is 0 Å². The van der Waals surface area contributed by atoms with Crippen molar-refractivity contribution in [3.05, 3.63) is 54.6 Å². The van der Waals surface area contributed by atoms with Gasteiger partial charge in [0.15, 0.2) is 0 Å². The molecule has 2 atom stereocenters. The Morgan fingerprint density at radius 2 is 1.75 bits per heavy atom. The molecular weight excluding hydrogens is 262 g/mol. The lowest BCUT2D eigenvalue weighted by Crippen LogP contribution is -2.32. The summed E-state index contributed by atoms with van der Waals surface area (Å²) in [5.41, 5.74) is 3.85. The van der Waals surface area contributed by atoms with Gasteiger partial charge in [0, 0.05) is 22.5 Å². The third-order valence-corrected chi connectivity index (χ3v) is 5.34. The van der Waals surface area contributed by atoms with Crippen LogP contribution in [0, 0.1) is 0 Å². The molecule has 1 N–H and O–H groups in total. The minimum absolute atomic E-state index is 0.582. The van der Waals surface area contributed by atoms with Crippen LogP contribution in [0.5, 0.6) is 0 Å². The zero-order valence-electron chi connectivity index (χ0n) is 11.9. The third kappa shape index (κ3) is 3.01. The fourth-order valence-electron chi connectivity index (χ4n) is 2.79. The van der Waals surface area contributed by atoms with E-state index < -0.39 is 0 Å². The Morgan fingerprint density at radius 1 is 1.00 bits per heavy atom. The van der Waals surface area contributed by atoms with Gasteiger partial charge < -0.3 is 5.32 Å². The molecule has 2 aromatic carbocycles. The van der Waals surface area contributed by atoms with Gasteiger partial charge in [-0.15, -0.1) is 0 Å². The maximum atomic E-state index is 3.78. The van der Waals surface area contributed by atoms with Crippen molar-refractivity contribution in [3.8, 4) is 11.1 Å². The summed E-state index contributed by atoms with van der Waals surface area (Å²) < 4.78 is 0. The molecule has 0 amide bonds. The molecule has 3 rings (SSSR count). The summed E-state index contributed by atoms with van der Waals surface area (Å²) in [5, 5.41) is 4.46. The number of hydrogen-bond acceptors (Lipinski definition) is 2. The molecule has 1 saturated heterocycles. The summed E-state index contributed by atoms with van der Waals surface area (Å²) in [5.74, 6) is 1.31. The molecule has 0 bridgehead atoms. The summed E-state index contributed by atoms with van der Waals surface area (Å²) in [6.07, 6.45) is 2.59. The lowest BCUT2D eigenvalue weighted by Gasteiger charge is -2.30. The first-order valence-corrected chi connectivity index (χ1v) is 8.42. The normalized spacial score (nSPS) is 22.4. The molecule has 0 aliphatic carbocycles. The number of rotatable bonds is 3. The number of para-hydroxylation sites is 1. The number of benzene rings is 2. The summed E-state index contributed by atoms with van der Waals surface area (Å²) in [6, 6.07) is 19.9. The Labute approximate surface area is 125 Å². The van der Waals surface area contributed by atoms with E-state index in [0.29, 0.717) is 11.3 Å². The fraction of sp³-hybridized carbons (Fsp3) is 0.333. The average Bonchev–Trinajstić information content (AvgIpc) is 2.51. The van der Waals surface area contributed by atoms with Gasteiger partial charge >= 0.3 is 0 Å². The standard InChI is InChI=1S/C18H21NS/c1-14-17(12-7-13-20-14)19-18-11-6-5-10-16(18)15-8-3-2-4-9-15/h2-6,8-11,14,17,19H,7,12-13H2,1H3. The van der Waals surface area contributed by atoms with Gasteiger partial charge in [-0.25, -0.2) is 0 Å². The molecule has 1 aliphatic rings. The third-order valence-electron chi connectivity index (χ3n) is 3.96. The monoisotopic (exact) mass is 283 g/mol. The Kier molecular flexibility index (Phi) is 4.31. The highest BCUT2D eigenvalue weighted by Crippen LogP contribution is 2.32. The molecule has 2 aromatic rings. The van der Waals surface area contributed by atoms with E-state index in [9.17, 15) is 0 Å². The molecule has 20 heavy (non-hydrogen) atoms. The lowest BCUT2D eigenvalue weighted by atomic mass is 10.0. The van der Waals surface area contributed by atoms with E-state index >= 15 is 0 Å². The van der Waals surface area contributed by atoms with Crippen molar-refractivity contribution >= 4 is 17.4 Å². The van der Waals surface area contributed by atoms with E-state index in [4.69, 9.17) is 0 Å². The van der Waals surface area contributed by atoms with Crippen LogP contribution in [-0.2, 0) is 0 Å². The van der Waals surface area contributed by atoms with Crippen molar-refractivity contribution in [2.75, 3.05) is 11.1 Å². The highest BCUT2D eigenvalue weighted by Gasteiger charge is 2.22. The van der Waals surface area contributed by atoms with Crippen molar-refractivity contribution in [1.82, 2.24) is 0 Å². The molecule has 0 aromatic heterocycles. The first-order valence-electron chi connectivity index (χ1n) is 7.37. The fourth-order valence-corrected chi connectivity index (χ4v) is 3.93.